The Morgan fingerprint density at radius 2 is 1.79 bits per heavy atom. The normalized spacial score (nSPS) is 10.7. The van der Waals surface area contributed by atoms with Crippen molar-refractivity contribution in [2.24, 2.45) is 0 Å². The zero-order valence-corrected chi connectivity index (χ0v) is 11.6. The van der Waals surface area contributed by atoms with Crippen molar-refractivity contribution >= 4 is 5.97 Å². The predicted octanol–water partition coefficient (Wildman–Crippen LogP) is 2.59. The van der Waals surface area contributed by atoms with Gasteiger partial charge >= 0.3 is 5.97 Å². The Morgan fingerprint density at radius 3 is 2.37 bits per heavy atom. The maximum absolute atomic E-state index is 11.3. The minimum atomic E-state index is -1.05. The Kier molecular flexibility index (Phi) is 3.38. The summed E-state index contributed by atoms with van der Waals surface area (Å²) >= 11 is 0. The lowest BCUT2D eigenvalue weighted by Gasteiger charge is -2.07. The maximum atomic E-state index is 11.3. The highest BCUT2D eigenvalue weighted by atomic mass is 16.4. The molecule has 0 unspecified atom stereocenters. The minimum Gasteiger partial charge on any atom is -0.476 e. The van der Waals surface area contributed by atoms with Crippen LogP contribution >= 0.6 is 0 Å². The van der Waals surface area contributed by atoms with E-state index in [9.17, 15) is 9.90 Å². The zero-order valence-electron chi connectivity index (χ0n) is 11.6. The Labute approximate surface area is 111 Å². The monoisotopic (exact) mass is 259 g/mol. The van der Waals surface area contributed by atoms with Crippen molar-refractivity contribution in [2.75, 3.05) is 0 Å². The lowest BCUT2D eigenvalue weighted by molar-refractivity contribution is 0.0690. The smallest absolute Gasteiger partial charge is 0.358 e. The number of aromatic carboxylic acids is 1. The summed E-state index contributed by atoms with van der Waals surface area (Å²) < 4.78 is 0. The van der Waals surface area contributed by atoms with Crippen molar-refractivity contribution in [2.45, 2.75) is 34.2 Å². The van der Waals surface area contributed by atoms with E-state index in [1.807, 2.05) is 39.8 Å². The third kappa shape index (κ3) is 2.36. The largest absolute Gasteiger partial charge is 0.476 e. The number of benzene rings is 1. The van der Waals surface area contributed by atoms with Gasteiger partial charge in [-0.05, 0) is 50.5 Å². The molecule has 0 amide bonds. The molecular weight excluding hydrogens is 242 g/mol. The number of rotatable bonds is 3. The second-order valence-electron chi connectivity index (χ2n) is 4.64. The predicted molar refractivity (Wildman–Crippen MR) is 72.3 cm³/mol. The van der Waals surface area contributed by atoms with Crippen molar-refractivity contribution in [3.8, 4) is 11.3 Å². The van der Waals surface area contributed by atoms with Gasteiger partial charge in [0.2, 0.25) is 0 Å². The third-order valence-electron chi connectivity index (χ3n) is 3.24. The molecule has 0 aliphatic carbocycles. The van der Waals surface area contributed by atoms with Crippen LogP contribution in [0.25, 0.3) is 11.3 Å². The molecule has 0 bridgehead atoms. The van der Waals surface area contributed by atoms with E-state index < -0.39 is 5.97 Å². The topological polar surface area (TPSA) is 68.0 Å². The SMILES string of the molecule is CCn1nc(C(=O)O)c(-c2cc(C)c(C)cc2C)n1. The van der Waals surface area contributed by atoms with Gasteiger partial charge in [0.1, 0.15) is 5.69 Å². The van der Waals surface area contributed by atoms with Gasteiger partial charge in [-0.2, -0.15) is 9.90 Å². The highest BCUT2D eigenvalue weighted by Crippen LogP contribution is 2.27. The molecule has 100 valence electrons. The first-order chi connectivity index (χ1) is 8.93. The summed E-state index contributed by atoms with van der Waals surface area (Å²) in [6, 6.07) is 4.02. The molecule has 0 atom stereocenters. The average Bonchev–Trinajstić information content (AvgIpc) is 2.78. The fourth-order valence-electron chi connectivity index (χ4n) is 2.03. The lowest BCUT2D eigenvalue weighted by Crippen LogP contribution is -2.02. The van der Waals surface area contributed by atoms with Gasteiger partial charge in [0, 0.05) is 5.56 Å². The number of hydrogen-bond donors (Lipinski definition) is 1. The number of carboxylic acids is 1. The van der Waals surface area contributed by atoms with Crippen LogP contribution in [-0.4, -0.2) is 26.1 Å². The average molecular weight is 259 g/mol. The van der Waals surface area contributed by atoms with E-state index in [1.165, 1.54) is 10.4 Å². The molecule has 0 aliphatic rings. The number of aromatic nitrogens is 3. The molecular formula is C14H17N3O2. The van der Waals surface area contributed by atoms with E-state index in [0.717, 1.165) is 16.7 Å². The van der Waals surface area contributed by atoms with Gasteiger partial charge in [-0.1, -0.05) is 6.07 Å². The molecule has 1 aromatic heterocycles. The maximum Gasteiger partial charge on any atom is 0.358 e. The third-order valence-corrected chi connectivity index (χ3v) is 3.24. The molecule has 1 aromatic carbocycles. The van der Waals surface area contributed by atoms with Crippen LogP contribution in [0.3, 0.4) is 0 Å². The Morgan fingerprint density at radius 1 is 1.16 bits per heavy atom. The van der Waals surface area contributed by atoms with Gasteiger partial charge in [-0.3, -0.25) is 0 Å². The van der Waals surface area contributed by atoms with Crippen LogP contribution in [0.1, 0.15) is 34.1 Å². The second kappa shape index (κ2) is 4.84. The van der Waals surface area contributed by atoms with Gasteiger partial charge in [0.05, 0.1) is 6.54 Å². The van der Waals surface area contributed by atoms with Crippen molar-refractivity contribution in [1.29, 1.82) is 0 Å². The van der Waals surface area contributed by atoms with Gasteiger partial charge < -0.3 is 5.11 Å². The van der Waals surface area contributed by atoms with E-state index in [4.69, 9.17) is 0 Å². The number of carbonyl (C=O) groups is 1. The van der Waals surface area contributed by atoms with Gasteiger partial charge in [0.15, 0.2) is 5.69 Å². The molecule has 0 radical (unpaired) electrons. The van der Waals surface area contributed by atoms with E-state index in [-0.39, 0.29) is 5.69 Å². The minimum absolute atomic E-state index is 0.00760. The van der Waals surface area contributed by atoms with Gasteiger partial charge in [-0.15, -0.1) is 5.10 Å². The number of aryl methyl sites for hydroxylation is 4. The van der Waals surface area contributed by atoms with Crippen molar-refractivity contribution in [1.82, 2.24) is 15.0 Å². The van der Waals surface area contributed by atoms with E-state index in [1.54, 1.807) is 0 Å². The van der Waals surface area contributed by atoms with Crippen LogP contribution in [0.2, 0.25) is 0 Å². The highest BCUT2D eigenvalue weighted by molar-refractivity contribution is 5.93. The summed E-state index contributed by atoms with van der Waals surface area (Å²) in [4.78, 5) is 12.7. The standard InChI is InChI=1S/C14H17N3O2/c1-5-17-15-12(13(16-17)14(18)19)11-7-9(3)8(2)6-10(11)4/h6-7H,5H2,1-4H3,(H,18,19). The molecule has 0 saturated heterocycles. The first-order valence-electron chi connectivity index (χ1n) is 6.20. The van der Waals surface area contributed by atoms with Crippen LogP contribution < -0.4 is 0 Å². The summed E-state index contributed by atoms with van der Waals surface area (Å²) in [6.45, 7) is 8.42. The van der Waals surface area contributed by atoms with E-state index in [0.29, 0.717) is 12.2 Å². The Balaban J connectivity index is 2.67. The summed E-state index contributed by atoms with van der Waals surface area (Å²) in [7, 11) is 0. The Hall–Kier alpha value is -2.17. The first-order valence-corrected chi connectivity index (χ1v) is 6.20. The summed E-state index contributed by atoms with van der Waals surface area (Å²) in [5.41, 5.74) is 4.58. The zero-order chi connectivity index (χ0) is 14.2. The number of carboxylic acid groups (broad SMARTS) is 1. The molecule has 0 fully saturated rings. The summed E-state index contributed by atoms with van der Waals surface area (Å²) in [6.07, 6.45) is 0. The van der Waals surface area contributed by atoms with E-state index in [2.05, 4.69) is 10.2 Å². The summed E-state index contributed by atoms with van der Waals surface area (Å²) in [5, 5.41) is 17.5. The quantitative estimate of drug-likeness (QED) is 0.919. The van der Waals surface area contributed by atoms with Gasteiger partial charge in [-0.25, -0.2) is 4.79 Å². The van der Waals surface area contributed by atoms with Crippen molar-refractivity contribution in [3.63, 3.8) is 0 Å². The fraction of sp³-hybridized carbons (Fsp3) is 0.357. The van der Waals surface area contributed by atoms with Crippen molar-refractivity contribution < 1.29 is 9.90 Å². The molecule has 5 nitrogen and oxygen atoms in total. The fourth-order valence-corrected chi connectivity index (χ4v) is 2.03. The van der Waals surface area contributed by atoms with Crippen LogP contribution in [0.5, 0.6) is 0 Å². The number of hydrogen-bond acceptors (Lipinski definition) is 3. The highest BCUT2D eigenvalue weighted by Gasteiger charge is 2.20. The van der Waals surface area contributed by atoms with Crippen LogP contribution in [-0.2, 0) is 6.54 Å². The second-order valence-corrected chi connectivity index (χ2v) is 4.64. The molecule has 0 aliphatic heterocycles. The Bertz CT molecular complexity index is 644. The number of nitrogens with zero attached hydrogens (tertiary/aromatic N) is 3. The van der Waals surface area contributed by atoms with E-state index >= 15 is 0 Å². The molecule has 2 rings (SSSR count). The molecule has 1 heterocycles. The van der Waals surface area contributed by atoms with Gasteiger partial charge in [0.25, 0.3) is 0 Å². The molecule has 19 heavy (non-hydrogen) atoms. The first kappa shape index (κ1) is 13.3. The molecule has 0 saturated carbocycles. The summed E-state index contributed by atoms with van der Waals surface area (Å²) in [5.74, 6) is -1.05. The van der Waals surface area contributed by atoms with Crippen LogP contribution in [0, 0.1) is 20.8 Å². The van der Waals surface area contributed by atoms with Crippen LogP contribution in [0.15, 0.2) is 12.1 Å². The molecule has 2 aromatic rings. The van der Waals surface area contributed by atoms with Crippen LogP contribution in [0.4, 0.5) is 0 Å². The molecule has 0 spiro atoms. The van der Waals surface area contributed by atoms with Crippen molar-refractivity contribution in [3.05, 3.63) is 34.5 Å². The molecule has 5 heteroatoms. The lowest BCUT2D eigenvalue weighted by atomic mass is 9.98. The molecule has 1 N–H and O–H groups in total.